The normalized spacial score (nSPS) is 10.4. The maximum Gasteiger partial charge on any atom is 0.337 e. The van der Waals surface area contributed by atoms with Crippen LogP contribution in [0.2, 0.25) is 0 Å². The van der Waals surface area contributed by atoms with E-state index < -0.39 is 23.4 Å². The van der Waals surface area contributed by atoms with Crippen molar-refractivity contribution >= 4 is 5.97 Å². The molecule has 0 spiro atoms. The number of pyridine rings is 1. The predicted octanol–water partition coefficient (Wildman–Crippen LogP) is 2.86. The lowest BCUT2D eigenvalue weighted by Gasteiger charge is -2.04. The Morgan fingerprint density at radius 3 is 2.17 bits per heavy atom. The van der Waals surface area contributed by atoms with Crippen molar-refractivity contribution in [3.8, 4) is 11.1 Å². The summed E-state index contributed by atoms with van der Waals surface area (Å²) in [6.45, 7) is 0. The highest BCUT2D eigenvalue weighted by atomic mass is 19.2. The van der Waals surface area contributed by atoms with Gasteiger partial charge in [0.15, 0.2) is 17.5 Å². The second-order valence-corrected chi connectivity index (χ2v) is 3.52. The molecular weight excluding hydrogens is 247 g/mol. The Balaban J connectivity index is 2.55. The molecule has 92 valence electrons. The first-order chi connectivity index (χ1) is 8.49. The van der Waals surface area contributed by atoms with Crippen molar-refractivity contribution in [2.45, 2.75) is 0 Å². The zero-order valence-corrected chi connectivity index (χ0v) is 8.82. The highest BCUT2D eigenvalue weighted by molar-refractivity contribution is 5.88. The Morgan fingerprint density at radius 2 is 1.61 bits per heavy atom. The van der Waals surface area contributed by atoms with Gasteiger partial charge in [0.1, 0.15) is 0 Å². The quantitative estimate of drug-likeness (QED) is 0.837. The van der Waals surface area contributed by atoms with Crippen molar-refractivity contribution < 1.29 is 23.1 Å². The number of benzene rings is 1. The molecule has 0 amide bonds. The van der Waals surface area contributed by atoms with Gasteiger partial charge in [-0.05, 0) is 23.8 Å². The second-order valence-electron chi connectivity index (χ2n) is 3.52. The fourth-order valence-electron chi connectivity index (χ4n) is 1.44. The van der Waals surface area contributed by atoms with E-state index in [1.165, 1.54) is 12.3 Å². The van der Waals surface area contributed by atoms with Crippen molar-refractivity contribution in [2.75, 3.05) is 0 Å². The third-order valence-corrected chi connectivity index (χ3v) is 2.30. The molecule has 3 nitrogen and oxygen atoms in total. The number of halogens is 3. The lowest BCUT2D eigenvalue weighted by molar-refractivity contribution is 0.0696. The van der Waals surface area contributed by atoms with Gasteiger partial charge >= 0.3 is 5.97 Å². The second kappa shape index (κ2) is 4.48. The molecule has 0 bridgehead atoms. The van der Waals surface area contributed by atoms with E-state index >= 15 is 0 Å². The van der Waals surface area contributed by atoms with Gasteiger partial charge in [-0.25, -0.2) is 18.0 Å². The summed E-state index contributed by atoms with van der Waals surface area (Å²) in [6, 6.07) is 2.75. The smallest absolute Gasteiger partial charge is 0.337 e. The first-order valence-corrected chi connectivity index (χ1v) is 4.82. The van der Waals surface area contributed by atoms with E-state index in [2.05, 4.69) is 4.98 Å². The number of aromatic carboxylic acids is 1. The van der Waals surface area contributed by atoms with Crippen LogP contribution in [0.5, 0.6) is 0 Å². The Bertz CT molecular complexity index is 605. The van der Waals surface area contributed by atoms with Crippen LogP contribution in [0.15, 0.2) is 30.6 Å². The molecule has 18 heavy (non-hydrogen) atoms. The number of rotatable bonds is 2. The highest BCUT2D eigenvalue weighted by Gasteiger charge is 2.13. The third kappa shape index (κ3) is 2.17. The Hall–Kier alpha value is -2.37. The van der Waals surface area contributed by atoms with Gasteiger partial charge in [-0.2, -0.15) is 0 Å². The largest absolute Gasteiger partial charge is 0.478 e. The fraction of sp³-hybridized carbons (Fsp3) is 0. The Kier molecular flexibility index (Phi) is 3.01. The Labute approximate surface area is 99.5 Å². The molecule has 2 aromatic rings. The monoisotopic (exact) mass is 253 g/mol. The number of aromatic nitrogens is 1. The number of carboxylic acids is 1. The average molecular weight is 253 g/mol. The van der Waals surface area contributed by atoms with E-state index in [1.54, 1.807) is 0 Å². The van der Waals surface area contributed by atoms with Crippen molar-refractivity contribution in [1.29, 1.82) is 0 Å². The molecule has 0 aliphatic heterocycles. The molecule has 0 aliphatic carbocycles. The SMILES string of the molecule is O=C(O)c1cncc(-c2cc(F)c(F)c(F)c2)c1. The lowest BCUT2D eigenvalue weighted by atomic mass is 10.1. The lowest BCUT2D eigenvalue weighted by Crippen LogP contribution is -1.98. The van der Waals surface area contributed by atoms with E-state index in [0.29, 0.717) is 0 Å². The molecule has 2 rings (SSSR count). The maximum atomic E-state index is 13.0. The molecule has 1 aromatic heterocycles. The van der Waals surface area contributed by atoms with E-state index in [0.717, 1.165) is 18.3 Å². The van der Waals surface area contributed by atoms with Crippen molar-refractivity contribution in [3.63, 3.8) is 0 Å². The summed E-state index contributed by atoms with van der Waals surface area (Å²) >= 11 is 0. The molecule has 0 radical (unpaired) electrons. The molecule has 1 aromatic carbocycles. The molecule has 1 heterocycles. The minimum Gasteiger partial charge on any atom is -0.478 e. The molecular formula is C12H6F3NO2. The van der Waals surface area contributed by atoms with Gasteiger partial charge in [0.2, 0.25) is 0 Å². The molecule has 6 heteroatoms. The van der Waals surface area contributed by atoms with Crippen LogP contribution in [0.1, 0.15) is 10.4 Å². The number of carbonyl (C=O) groups is 1. The van der Waals surface area contributed by atoms with Gasteiger partial charge < -0.3 is 5.11 Å². The molecule has 0 saturated heterocycles. The van der Waals surface area contributed by atoms with Gasteiger partial charge in [-0.3, -0.25) is 4.98 Å². The zero-order valence-electron chi connectivity index (χ0n) is 8.82. The van der Waals surface area contributed by atoms with Gasteiger partial charge in [0.05, 0.1) is 5.56 Å². The first kappa shape index (κ1) is 12.1. The van der Waals surface area contributed by atoms with E-state index in [1.807, 2.05) is 0 Å². The van der Waals surface area contributed by atoms with Crippen LogP contribution in [0.4, 0.5) is 13.2 Å². The van der Waals surface area contributed by atoms with Gasteiger partial charge in [0, 0.05) is 18.0 Å². The molecule has 0 fully saturated rings. The van der Waals surface area contributed by atoms with Crippen LogP contribution in [-0.4, -0.2) is 16.1 Å². The van der Waals surface area contributed by atoms with Crippen LogP contribution in [0, 0.1) is 17.5 Å². The van der Waals surface area contributed by atoms with Gasteiger partial charge in [0.25, 0.3) is 0 Å². The van der Waals surface area contributed by atoms with Crippen molar-refractivity contribution in [3.05, 3.63) is 53.6 Å². The predicted molar refractivity (Wildman–Crippen MR) is 56.5 cm³/mol. The summed E-state index contributed by atoms with van der Waals surface area (Å²) in [5, 5.41) is 8.76. The number of nitrogens with zero attached hydrogens (tertiary/aromatic N) is 1. The highest BCUT2D eigenvalue weighted by Crippen LogP contribution is 2.23. The molecule has 0 saturated carbocycles. The number of hydrogen-bond donors (Lipinski definition) is 1. The molecule has 0 unspecified atom stereocenters. The van der Waals surface area contributed by atoms with Crippen LogP contribution < -0.4 is 0 Å². The summed E-state index contributed by atoms with van der Waals surface area (Å²) in [5.41, 5.74) is 0.0762. The number of carboxylic acid groups (broad SMARTS) is 1. The topological polar surface area (TPSA) is 50.2 Å². The average Bonchev–Trinajstić information content (AvgIpc) is 2.35. The van der Waals surface area contributed by atoms with Gasteiger partial charge in [-0.15, -0.1) is 0 Å². The third-order valence-electron chi connectivity index (χ3n) is 2.30. The molecule has 0 aliphatic rings. The molecule has 0 atom stereocenters. The van der Waals surface area contributed by atoms with E-state index in [-0.39, 0.29) is 16.7 Å². The standard InChI is InChI=1S/C12H6F3NO2/c13-9-2-6(3-10(14)11(9)15)7-1-8(12(17)18)5-16-4-7/h1-5H,(H,17,18). The summed E-state index contributed by atoms with van der Waals surface area (Å²) in [5.74, 6) is -5.47. The van der Waals surface area contributed by atoms with E-state index in [9.17, 15) is 18.0 Å². The Morgan fingerprint density at radius 1 is 1.00 bits per heavy atom. The number of hydrogen-bond acceptors (Lipinski definition) is 2. The first-order valence-electron chi connectivity index (χ1n) is 4.82. The van der Waals surface area contributed by atoms with Crippen LogP contribution in [0.25, 0.3) is 11.1 Å². The summed E-state index contributed by atoms with van der Waals surface area (Å²) in [6.07, 6.45) is 2.33. The summed E-state index contributed by atoms with van der Waals surface area (Å²) in [7, 11) is 0. The van der Waals surface area contributed by atoms with E-state index in [4.69, 9.17) is 5.11 Å². The van der Waals surface area contributed by atoms with Gasteiger partial charge in [-0.1, -0.05) is 0 Å². The minimum absolute atomic E-state index is 0.0157. The van der Waals surface area contributed by atoms with Crippen LogP contribution >= 0.6 is 0 Å². The maximum absolute atomic E-state index is 13.0. The molecule has 1 N–H and O–H groups in total. The van der Waals surface area contributed by atoms with Crippen molar-refractivity contribution in [1.82, 2.24) is 4.98 Å². The zero-order chi connectivity index (χ0) is 13.3. The van der Waals surface area contributed by atoms with Crippen LogP contribution in [-0.2, 0) is 0 Å². The summed E-state index contributed by atoms with van der Waals surface area (Å²) in [4.78, 5) is 14.4. The minimum atomic E-state index is -1.57. The summed E-state index contributed by atoms with van der Waals surface area (Å²) < 4.78 is 38.8. The fourth-order valence-corrected chi connectivity index (χ4v) is 1.44. The van der Waals surface area contributed by atoms with Crippen molar-refractivity contribution in [2.24, 2.45) is 0 Å². The van der Waals surface area contributed by atoms with Crippen LogP contribution in [0.3, 0.4) is 0 Å².